The van der Waals surface area contributed by atoms with Crippen molar-refractivity contribution in [1.29, 1.82) is 0 Å². The molecule has 0 aliphatic carbocycles. The van der Waals surface area contributed by atoms with E-state index in [0.29, 0.717) is 24.0 Å². The van der Waals surface area contributed by atoms with Crippen LogP contribution in [-0.4, -0.2) is 31.9 Å². The molecule has 0 spiro atoms. The molecule has 0 aromatic heterocycles. The predicted octanol–water partition coefficient (Wildman–Crippen LogP) is 4.59. The lowest BCUT2D eigenvalue weighted by Crippen LogP contribution is -2.36. The maximum Gasteiger partial charge on any atom is 0.243 e. The van der Waals surface area contributed by atoms with Gasteiger partial charge in [-0.1, -0.05) is 43.2 Å². The second-order valence-corrected chi connectivity index (χ2v) is 10.0. The fraction of sp³-hybridized carbons (Fsp3) is 0.478. The van der Waals surface area contributed by atoms with Crippen molar-refractivity contribution in [2.45, 2.75) is 62.9 Å². The topological polar surface area (TPSA) is 40.6 Å². The van der Waals surface area contributed by atoms with Crippen LogP contribution in [0.15, 0.2) is 53.4 Å². The van der Waals surface area contributed by atoms with E-state index in [1.165, 1.54) is 11.3 Å². The molecule has 0 radical (unpaired) electrons. The number of anilines is 1. The second kappa shape index (κ2) is 8.26. The lowest BCUT2D eigenvalue weighted by atomic mass is 9.96. The van der Waals surface area contributed by atoms with Gasteiger partial charge >= 0.3 is 0 Å². The van der Waals surface area contributed by atoms with Crippen molar-refractivity contribution in [2.24, 2.45) is 0 Å². The smallest absolute Gasteiger partial charge is 0.243 e. The molecule has 28 heavy (non-hydrogen) atoms. The third-order valence-electron chi connectivity index (χ3n) is 6.14. The third-order valence-corrected chi connectivity index (χ3v) is 8.06. The van der Waals surface area contributed by atoms with Gasteiger partial charge < -0.3 is 4.90 Å². The van der Waals surface area contributed by atoms with Gasteiger partial charge in [0.15, 0.2) is 0 Å². The van der Waals surface area contributed by atoms with Crippen LogP contribution in [0, 0.1) is 0 Å². The minimum Gasteiger partial charge on any atom is -0.364 e. The van der Waals surface area contributed by atoms with E-state index in [2.05, 4.69) is 36.1 Å². The highest BCUT2D eigenvalue weighted by atomic mass is 32.2. The number of benzene rings is 2. The molecule has 0 amide bonds. The first-order valence-corrected chi connectivity index (χ1v) is 11.9. The highest BCUT2D eigenvalue weighted by molar-refractivity contribution is 7.89. The largest absolute Gasteiger partial charge is 0.364 e. The summed E-state index contributed by atoms with van der Waals surface area (Å²) in [5, 5.41) is 0. The Hall–Kier alpha value is -1.85. The normalized spacial score (nSPS) is 21.2. The average Bonchev–Trinajstić information content (AvgIpc) is 3.01. The fourth-order valence-electron chi connectivity index (χ4n) is 4.40. The Morgan fingerprint density at radius 3 is 2.32 bits per heavy atom. The molecule has 0 bridgehead atoms. The summed E-state index contributed by atoms with van der Waals surface area (Å²) in [5.41, 5.74) is 3.86. The molecule has 2 heterocycles. The van der Waals surface area contributed by atoms with Crippen LogP contribution in [0.3, 0.4) is 0 Å². The zero-order valence-corrected chi connectivity index (χ0v) is 17.5. The van der Waals surface area contributed by atoms with Gasteiger partial charge in [0.1, 0.15) is 0 Å². The number of fused-ring (bicyclic) bond motifs is 1. The minimum absolute atomic E-state index is 0.422. The van der Waals surface area contributed by atoms with Crippen molar-refractivity contribution >= 4 is 15.7 Å². The van der Waals surface area contributed by atoms with E-state index in [9.17, 15) is 8.42 Å². The Morgan fingerprint density at radius 2 is 1.61 bits per heavy atom. The summed E-state index contributed by atoms with van der Waals surface area (Å²) in [6.45, 7) is 4.37. The standard InChI is InChI=1S/C23H30N2O2S/c1-19-10-13-21-8-4-5-9-23(21)25(19)18-20-11-14-22(15-12-20)28(26,27)24-16-6-2-3-7-17-24/h4-5,8-9,11-12,14-15,19H,2-3,6-7,10,13,16-18H2,1H3/t19-/m1/s1. The van der Waals surface area contributed by atoms with E-state index in [0.717, 1.165) is 50.6 Å². The molecule has 4 nitrogen and oxygen atoms in total. The van der Waals surface area contributed by atoms with Crippen molar-refractivity contribution in [3.63, 3.8) is 0 Å². The maximum absolute atomic E-state index is 13.0. The van der Waals surface area contributed by atoms with Gasteiger partial charge in [-0.05, 0) is 61.9 Å². The van der Waals surface area contributed by atoms with Gasteiger partial charge in [-0.15, -0.1) is 0 Å². The van der Waals surface area contributed by atoms with Crippen LogP contribution < -0.4 is 4.90 Å². The van der Waals surface area contributed by atoms with Crippen LogP contribution in [0.25, 0.3) is 0 Å². The maximum atomic E-state index is 13.0. The van der Waals surface area contributed by atoms with Crippen LogP contribution in [0.2, 0.25) is 0 Å². The van der Waals surface area contributed by atoms with Crippen LogP contribution in [0.4, 0.5) is 5.69 Å². The monoisotopic (exact) mass is 398 g/mol. The summed E-state index contributed by atoms with van der Waals surface area (Å²) in [5.74, 6) is 0. The quantitative estimate of drug-likeness (QED) is 0.756. The van der Waals surface area contributed by atoms with Gasteiger partial charge in [0.05, 0.1) is 4.90 Å². The summed E-state index contributed by atoms with van der Waals surface area (Å²) >= 11 is 0. The molecule has 0 N–H and O–H groups in total. The van der Waals surface area contributed by atoms with Crippen molar-refractivity contribution in [2.75, 3.05) is 18.0 Å². The molecule has 2 aliphatic rings. The Labute approximate surface area is 169 Å². The van der Waals surface area contributed by atoms with E-state index in [-0.39, 0.29) is 0 Å². The first kappa shape index (κ1) is 19.5. The number of sulfonamides is 1. The molecule has 2 aromatic carbocycles. The zero-order chi connectivity index (χ0) is 19.6. The molecule has 0 saturated carbocycles. The molecule has 0 unspecified atom stereocenters. The van der Waals surface area contributed by atoms with Gasteiger partial charge in [-0.2, -0.15) is 4.31 Å². The number of rotatable bonds is 4. The molecule has 5 heteroatoms. The predicted molar refractivity (Wildman–Crippen MR) is 114 cm³/mol. The highest BCUT2D eigenvalue weighted by Gasteiger charge is 2.26. The van der Waals surface area contributed by atoms with Crippen molar-refractivity contribution < 1.29 is 8.42 Å². The lowest BCUT2D eigenvalue weighted by Gasteiger charge is -2.37. The Balaban J connectivity index is 1.52. The van der Waals surface area contributed by atoms with Crippen molar-refractivity contribution in [3.8, 4) is 0 Å². The minimum atomic E-state index is -3.37. The molecular formula is C23H30N2O2S. The summed E-state index contributed by atoms with van der Waals surface area (Å²) in [6.07, 6.45) is 6.45. The third kappa shape index (κ3) is 3.96. The summed E-state index contributed by atoms with van der Waals surface area (Å²) in [7, 11) is -3.37. The first-order valence-electron chi connectivity index (χ1n) is 10.5. The van der Waals surface area contributed by atoms with Crippen LogP contribution in [0.1, 0.15) is 50.2 Å². The lowest BCUT2D eigenvalue weighted by molar-refractivity contribution is 0.423. The Kier molecular flexibility index (Phi) is 5.74. The Morgan fingerprint density at radius 1 is 0.929 bits per heavy atom. The number of hydrogen-bond donors (Lipinski definition) is 0. The molecule has 2 aromatic rings. The van der Waals surface area contributed by atoms with Gasteiger partial charge in [0, 0.05) is 31.4 Å². The Bertz CT molecular complexity index is 900. The van der Waals surface area contributed by atoms with Crippen LogP contribution >= 0.6 is 0 Å². The summed E-state index contributed by atoms with van der Waals surface area (Å²) in [6, 6.07) is 16.6. The second-order valence-electron chi connectivity index (χ2n) is 8.11. The molecule has 150 valence electrons. The summed E-state index contributed by atoms with van der Waals surface area (Å²) < 4.78 is 27.6. The van der Waals surface area contributed by atoms with E-state index < -0.39 is 10.0 Å². The highest BCUT2D eigenvalue weighted by Crippen LogP contribution is 2.32. The number of nitrogens with zero attached hydrogens (tertiary/aromatic N) is 2. The zero-order valence-electron chi connectivity index (χ0n) is 16.7. The van der Waals surface area contributed by atoms with Gasteiger partial charge in [0.2, 0.25) is 10.0 Å². The van der Waals surface area contributed by atoms with Crippen LogP contribution in [0.5, 0.6) is 0 Å². The van der Waals surface area contributed by atoms with Crippen molar-refractivity contribution in [3.05, 3.63) is 59.7 Å². The van der Waals surface area contributed by atoms with E-state index in [1.807, 2.05) is 12.1 Å². The van der Waals surface area contributed by atoms with Crippen molar-refractivity contribution in [1.82, 2.24) is 4.31 Å². The molecule has 1 atom stereocenters. The van der Waals surface area contributed by atoms with Crippen LogP contribution in [-0.2, 0) is 23.0 Å². The molecule has 1 fully saturated rings. The molecule has 1 saturated heterocycles. The van der Waals surface area contributed by atoms with E-state index in [4.69, 9.17) is 0 Å². The number of aryl methyl sites for hydroxylation is 1. The molecular weight excluding hydrogens is 368 g/mol. The molecule has 4 rings (SSSR count). The van der Waals surface area contributed by atoms with Gasteiger partial charge in [-0.3, -0.25) is 0 Å². The fourth-order valence-corrected chi connectivity index (χ4v) is 5.91. The van der Waals surface area contributed by atoms with Gasteiger partial charge in [-0.25, -0.2) is 8.42 Å². The molecule has 2 aliphatic heterocycles. The summed E-state index contributed by atoms with van der Waals surface area (Å²) in [4.78, 5) is 2.86. The average molecular weight is 399 g/mol. The van der Waals surface area contributed by atoms with E-state index in [1.54, 1.807) is 16.4 Å². The number of hydrogen-bond acceptors (Lipinski definition) is 3. The van der Waals surface area contributed by atoms with E-state index >= 15 is 0 Å². The van der Waals surface area contributed by atoms with Gasteiger partial charge in [0.25, 0.3) is 0 Å². The first-order chi connectivity index (χ1) is 13.6. The number of para-hydroxylation sites is 1. The SMILES string of the molecule is C[C@@H]1CCc2ccccc2N1Cc1ccc(S(=O)(=O)N2CCCCCC2)cc1.